The number of carbonyl (C=O) groups excluding carboxylic acids is 1. The molecule has 3 rings (SSSR count). The number of ether oxygens (including phenoxy) is 1. The van der Waals surface area contributed by atoms with E-state index in [0.717, 1.165) is 33.5 Å². The topological polar surface area (TPSA) is 66.8 Å². The number of nitrogens with zero attached hydrogens (tertiary/aromatic N) is 1. The summed E-state index contributed by atoms with van der Waals surface area (Å²) < 4.78 is 5.89. The Balaban J connectivity index is 1.85. The van der Waals surface area contributed by atoms with Crippen LogP contribution in [0.5, 0.6) is 5.75 Å². The molecule has 7 heteroatoms. The molecule has 0 aromatic heterocycles. The minimum absolute atomic E-state index is 0.261. The zero-order chi connectivity index (χ0) is 15.7. The van der Waals surface area contributed by atoms with Crippen molar-refractivity contribution in [3.63, 3.8) is 0 Å². The molecule has 0 atom stereocenters. The van der Waals surface area contributed by atoms with Crippen molar-refractivity contribution >= 4 is 46.3 Å². The number of carbonyl (C=O) groups is 2. The Morgan fingerprint density at radius 1 is 1.45 bits per heavy atom. The van der Waals surface area contributed by atoms with E-state index in [1.165, 1.54) is 0 Å². The highest BCUT2D eigenvalue weighted by Crippen LogP contribution is 2.33. The summed E-state index contributed by atoms with van der Waals surface area (Å²) >= 11 is 6.16. The highest BCUT2D eigenvalue weighted by Gasteiger charge is 2.33. The van der Waals surface area contributed by atoms with Crippen molar-refractivity contribution < 1.29 is 19.4 Å². The molecule has 1 fully saturated rings. The van der Waals surface area contributed by atoms with Crippen LogP contribution in [0.3, 0.4) is 0 Å². The Labute approximate surface area is 136 Å². The first kappa shape index (κ1) is 14.8. The minimum atomic E-state index is -1.09. The third-order valence-corrected chi connectivity index (χ3v) is 4.52. The summed E-state index contributed by atoms with van der Waals surface area (Å²) in [6.45, 7) is -0.0551. The number of thiocarbonyl (C=S) groups is 1. The van der Waals surface area contributed by atoms with Crippen LogP contribution in [-0.2, 0) is 9.59 Å². The summed E-state index contributed by atoms with van der Waals surface area (Å²) in [5.74, 6) is -0.665. The minimum Gasteiger partial charge on any atom is -0.488 e. The summed E-state index contributed by atoms with van der Waals surface area (Å²) in [6.07, 6.45) is 3.65. The molecule has 2 heterocycles. The molecule has 0 aliphatic carbocycles. The predicted octanol–water partition coefficient (Wildman–Crippen LogP) is 2.29. The maximum Gasteiger partial charge on any atom is 0.323 e. The number of hydrogen-bond donors (Lipinski definition) is 1. The first-order valence-electron chi connectivity index (χ1n) is 6.44. The molecule has 1 N–H and O–H groups in total. The standard InChI is InChI=1S/C15H11NO4S2/c17-13(18)7-16-14(19)12(22-15(16)21)6-9-5-10-3-1-2-4-11(10)20-8-9/h1-6H,7-8H2,(H,17,18)/b12-6+. The fraction of sp³-hybridized carbons (Fsp3) is 0.133. The zero-order valence-corrected chi connectivity index (χ0v) is 12.9. The number of amides is 1. The summed E-state index contributed by atoms with van der Waals surface area (Å²) in [4.78, 5) is 24.5. The largest absolute Gasteiger partial charge is 0.488 e. The first-order valence-corrected chi connectivity index (χ1v) is 7.66. The number of para-hydroxylation sites is 1. The van der Waals surface area contributed by atoms with Crippen LogP contribution in [0.15, 0.2) is 40.8 Å². The van der Waals surface area contributed by atoms with Crippen LogP contribution < -0.4 is 4.74 Å². The second-order valence-corrected chi connectivity index (χ2v) is 6.38. The Kier molecular flexibility index (Phi) is 4.00. The van der Waals surface area contributed by atoms with Crippen LogP contribution in [0, 0.1) is 0 Å². The molecule has 0 saturated carbocycles. The monoisotopic (exact) mass is 333 g/mol. The summed E-state index contributed by atoms with van der Waals surface area (Å²) in [6, 6.07) is 7.62. The molecule has 5 nitrogen and oxygen atoms in total. The molecule has 1 saturated heterocycles. The average molecular weight is 333 g/mol. The smallest absolute Gasteiger partial charge is 0.323 e. The predicted molar refractivity (Wildman–Crippen MR) is 87.5 cm³/mol. The number of thioether (sulfide) groups is 1. The molecule has 0 radical (unpaired) electrons. The lowest BCUT2D eigenvalue weighted by molar-refractivity contribution is -0.140. The van der Waals surface area contributed by atoms with Gasteiger partial charge in [0.25, 0.3) is 5.91 Å². The van der Waals surface area contributed by atoms with E-state index < -0.39 is 12.5 Å². The number of carboxylic acid groups (broad SMARTS) is 1. The fourth-order valence-electron chi connectivity index (χ4n) is 2.16. The molecule has 2 aliphatic heterocycles. The van der Waals surface area contributed by atoms with Gasteiger partial charge in [0.1, 0.15) is 23.2 Å². The van der Waals surface area contributed by atoms with Gasteiger partial charge in [0.2, 0.25) is 0 Å². The second-order valence-electron chi connectivity index (χ2n) is 4.71. The van der Waals surface area contributed by atoms with Gasteiger partial charge in [-0.3, -0.25) is 14.5 Å². The van der Waals surface area contributed by atoms with Crippen molar-refractivity contribution in [3.05, 3.63) is 46.4 Å². The molecular formula is C15H11NO4S2. The van der Waals surface area contributed by atoms with E-state index in [1.54, 1.807) is 6.08 Å². The molecule has 1 aromatic rings. The van der Waals surface area contributed by atoms with Crippen LogP contribution >= 0.6 is 24.0 Å². The van der Waals surface area contributed by atoms with Gasteiger partial charge in [-0.05, 0) is 23.8 Å². The molecule has 0 spiro atoms. The van der Waals surface area contributed by atoms with Gasteiger partial charge in [-0.15, -0.1) is 0 Å². The Bertz CT molecular complexity index is 739. The van der Waals surface area contributed by atoms with E-state index in [1.807, 2.05) is 30.3 Å². The van der Waals surface area contributed by atoms with Gasteiger partial charge >= 0.3 is 5.97 Å². The van der Waals surface area contributed by atoms with Gasteiger partial charge in [0.05, 0.1) is 4.91 Å². The highest BCUT2D eigenvalue weighted by atomic mass is 32.2. The quantitative estimate of drug-likeness (QED) is 0.676. The number of aliphatic carboxylic acids is 1. The molecule has 1 aromatic carbocycles. The fourth-order valence-corrected chi connectivity index (χ4v) is 3.43. The number of fused-ring (bicyclic) bond motifs is 1. The summed E-state index contributed by atoms with van der Waals surface area (Å²) in [5.41, 5.74) is 1.79. The average Bonchev–Trinajstić information content (AvgIpc) is 2.74. The second kappa shape index (κ2) is 5.94. The van der Waals surface area contributed by atoms with Crippen LogP contribution in [0.4, 0.5) is 0 Å². The molecule has 0 bridgehead atoms. The van der Waals surface area contributed by atoms with Gasteiger partial charge < -0.3 is 9.84 Å². The van der Waals surface area contributed by atoms with Crippen molar-refractivity contribution in [2.24, 2.45) is 0 Å². The van der Waals surface area contributed by atoms with Crippen molar-refractivity contribution in [2.75, 3.05) is 13.2 Å². The van der Waals surface area contributed by atoms with E-state index in [2.05, 4.69) is 0 Å². The lowest BCUT2D eigenvalue weighted by Gasteiger charge is -2.16. The Hall–Kier alpha value is -2.12. The van der Waals surface area contributed by atoms with Crippen LogP contribution in [0.25, 0.3) is 6.08 Å². The van der Waals surface area contributed by atoms with Gasteiger partial charge in [0.15, 0.2) is 0 Å². The number of benzene rings is 1. The Morgan fingerprint density at radius 2 is 2.23 bits per heavy atom. The van der Waals surface area contributed by atoms with Crippen molar-refractivity contribution in [1.82, 2.24) is 4.90 Å². The number of carboxylic acids is 1. The van der Waals surface area contributed by atoms with Crippen molar-refractivity contribution in [3.8, 4) is 5.75 Å². The van der Waals surface area contributed by atoms with E-state index in [9.17, 15) is 9.59 Å². The lowest BCUT2D eigenvalue weighted by Crippen LogP contribution is -2.33. The highest BCUT2D eigenvalue weighted by molar-refractivity contribution is 8.26. The van der Waals surface area contributed by atoms with E-state index in [4.69, 9.17) is 22.1 Å². The van der Waals surface area contributed by atoms with Crippen LogP contribution in [0.1, 0.15) is 5.56 Å². The van der Waals surface area contributed by atoms with Crippen molar-refractivity contribution in [2.45, 2.75) is 0 Å². The lowest BCUT2D eigenvalue weighted by atomic mass is 10.1. The van der Waals surface area contributed by atoms with E-state index in [0.29, 0.717) is 11.5 Å². The maximum atomic E-state index is 12.2. The molecule has 2 aliphatic rings. The van der Waals surface area contributed by atoms with Crippen LogP contribution in [-0.4, -0.2) is 39.4 Å². The van der Waals surface area contributed by atoms with Gasteiger partial charge in [-0.1, -0.05) is 42.2 Å². The Morgan fingerprint density at radius 3 is 3.00 bits per heavy atom. The maximum absolute atomic E-state index is 12.2. The van der Waals surface area contributed by atoms with Gasteiger partial charge in [0, 0.05) is 5.56 Å². The van der Waals surface area contributed by atoms with Crippen LogP contribution in [0.2, 0.25) is 0 Å². The first-order chi connectivity index (χ1) is 10.5. The summed E-state index contributed by atoms with van der Waals surface area (Å²) in [5, 5.41) is 8.81. The third-order valence-electron chi connectivity index (χ3n) is 3.14. The normalized spacial score (nSPS) is 19.0. The van der Waals surface area contributed by atoms with E-state index in [-0.39, 0.29) is 10.2 Å². The SMILES string of the molecule is O=C(O)CN1C(=O)/C(=C\C2=Cc3ccccc3OC2)SC1=S. The van der Waals surface area contributed by atoms with Gasteiger partial charge in [-0.25, -0.2) is 0 Å². The van der Waals surface area contributed by atoms with Crippen molar-refractivity contribution in [1.29, 1.82) is 0 Å². The number of hydrogen-bond acceptors (Lipinski definition) is 5. The van der Waals surface area contributed by atoms with Gasteiger partial charge in [-0.2, -0.15) is 0 Å². The summed E-state index contributed by atoms with van der Waals surface area (Å²) in [7, 11) is 0. The molecule has 1 amide bonds. The zero-order valence-electron chi connectivity index (χ0n) is 11.3. The molecule has 112 valence electrons. The third kappa shape index (κ3) is 2.90. The van der Waals surface area contributed by atoms with E-state index >= 15 is 0 Å². The molecular weight excluding hydrogens is 322 g/mol. The molecule has 22 heavy (non-hydrogen) atoms. The number of rotatable bonds is 3. The molecule has 0 unspecified atom stereocenters.